The lowest BCUT2D eigenvalue weighted by Crippen LogP contribution is -2.44. The third kappa shape index (κ3) is 3.37. The molecule has 0 aromatic heterocycles. The van der Waals surface area contributed by atoms with Crippen LogP contribution >= 0.6 is 15.9 Å². The molecule has 1 amide bonds. The Balaban J connectivity index is 2.07. The Morgan fingerprint density at radius 3 is 2.50 bits per heavy atom. The van der Waals surface area contributed by atoms with Crippen molar-refractivity contribution in [2.45, 2.75) is 43.0 Å². The van der Waals surface area contributed by atoms with Gasteiger partial charge in [0.15, 0.2) is 0 Å². The van der Waals surface area contributed by atoms with E-state index in [4.69, 9.17) is 0 Å². The zero-order chi connectivity index (χ0) is 14.7. The second kappa shape index (κ2) is 6.66. The topological polar surface area (TPSA) is 20.3 Å². The molecular formula is C15H18BrF2NO. The van der Waals surface area contributed by atoms with Crippen LogP contribution in [-0.4, -0.2) is 28.7 Å². The predicted molar refractivity (Wildman–Crippen MR) is 77.8 cm³/mol. The van der Waals surface area contributed by atoms with E-state index in [9.17, 15) is 13.6 Å². The highest BCUT2D eigenvalue weighted by atomic mass is 79.9. The smallest absolute Gasteiger partial charge is 0.227 e. The number of benzene rings is 1. The minimum absolute atomic E-state index is 0.103. The standard InChI is InChI=1S/C15H18BrF2NO/c1-19(14-8-3-2-5-11(14)16)15(20)9-10-12(17)6-4-7-13(10)18/h4,6-7,11,14H,2-3,5,8-9H2,1H3. The number of rotatable bonds is 3. The predicted octanol–water partition coefficient (Wildman–Crippen LogP) is 3.67. The van der Waals surface area contributed by atoms with Gasteiger partial charge in [-0.2, -0.15) is 0 Å². The van der Waals surface area contributed by atoms with E-state index in [1.165, 1.54) is 18.2 Å². The van der Waals surface area contributed by atoms with Crippen molar-refractivity contribution in [3.63, 3.8) is 0 Å². The fraction of sp³-hybridized carbons (Fsp3) is 0.533. The number of hydrogen-bond acceptors (Lipinski definition) is 1. The van der Waals surface area contributed by atoms with Gasteiger partial charge in [-0.3, -0.25) is 4.79 Å². The summed E-state index contributed by atoms with van der Waals surface area (Å²) in [7, 11) is 1.71. The number of carbonyl (C=O) groups excluding carboxylic acids is 1. The number of alkyl halides is 1. The van der Waals surface area contributed by atoms with Crippen molar-refractivity contribution >= 4 is 21.8 Å². The Morgan fingerprint density at radius 1 is 1.30 bits per heavy atom. The fourth-order valence-corrected chi connectivity index (χ4v) is 3.61. The van der Waals surface area contributed by atoms with Crippen molar-refractivity contribution in [3.8, 4) is 0 Å². The molecule has 0 spiro atoms. The van der Waals surface area contributed by atoms with Crippen LogP contribution in [-0.2, 0) is 11.2 Å². The van der Waals surface area contributed by atoms with Gasteiger partial charge < -0.3 is 4.90 Å². The van der Waals surface area contributed by atoms with Gasteiger partial charge in [-0.05, 0) is 25.0 Å². The summed E-state index contributed by atoms with van der Waals surface area (Å²) in [4.78, 5) is 14.1. The van der Waals surface area contributed by atoms with E-state index in [0.29, 0.717) is 0 Å². The molecule has 5 heteroatoms. The highest BCUT2D eigenvalue weighted by Crippen LogP contribution is 2.28. The van der Waals surface area contributed by atoms with Crippen molar-refractivity contribution in [1.29, 1.82) is 0 Å². The van der Waals surface area contributed by atoms with Gasteiger partial charge >= 0.3 is 0 Å². The molecule has 0 aliphatic heterocycles. The van der Waals surface area contributed by atoms with E-state index >= 15 is 0 Å². The van der Waals surface area contributed by atoms with E-state index in [0.717, 1.165) is 25.7 Å². The minimum atomic E-state index is -0.661. The van der Waals surface area contributed by atoms with E-state index in [1.54, 1.807) is 11.9 Å². The quantitative estimate of drug-likeness (QED) is 0.765. The monoisotopic (exact) mass is 345 g/mol. The zero-order valence-electron chi connectivity index (χ0n) is 11.4. The average molecular weight is 346 g/mol. The Hall–Kier alpha value is -0.970. The number of likely N-dealkylation sites (N-methyl/N-ethyl adjacent to an activating group) is 1. The molecule has 0 N–H and O–H groups in total. The molecule has 0 saturated heterocycles. The Bertz CT molecular complexity index is 475. The number of halogens is 3. The SMILES string of the molecule is CN(C(=O)Cc1c(F)cccc1F)C1CCCCC1Br. The van der Waals surface area contributed by atoms with Crippen LogP contribution < -0.4 is 0 Å². The molecule has 2 rings (SSSR count). The molecule has 1 fully saturated rings. The van der Waals surface area contributed by atoms with Gasteiger partial charge in [-0.15, -0.1) is 0 Å². The minimum Gasteiger partial charge on any atom is -0.341 e. The first-order valence-corrected chi connectivity index (χ1v) is 7.75. The molecule has 1 saturated carbocycles. The molecule has 2 unspecified atom stereocenters. The molecule has 20 heavy (non-hydrogen) atoms. The van der Waals surface area contributed by atoms with E-state index in [-0.39, 0.29) is 28.8 Å². The highest BCUT2D eigenvalue weighted by Gasteiger charge is 2.29. The summed E-state index contributed by atoms with van der Waals surface area (Å²) >= 11 is 3.60. The molecule has 0 radical (unpaired) electrons. The Morgan fingerprint density at radius 2 is 1.90 bits per heavy atom. The lowest BCUT2D eigenvalue weighted by atomic mass is 9.94. The summed E-state index contributed by atoms with van der Waals surface area (Å²) in [5.74, 6) is -1.57. The summed E-state index contributed by atoms with van der Waals surface area (Å²) in [6, 6.07) is 3.77. The van der Waals surface area contributed by atoms with Crippen molar-refractivity contribution in [1.82, 2.24) is 4.90 Å². The lowest BCUT2D eigenvalue weighted by molar-refractivity contribution is -0.131. The molecule has 2 atom stereocenters. The van der Waals surface area contributed by atoms with Crippen LogP contribution in [0.15, 0.2) is 18.2 Å². The molecule has 1 aromatic carbocycles. The van der Waals surface area contributed by atoms with Gasteiger partial charge in [0.2, 0.25) is 5.91 Å². The second-order valence-electron chi connectivity index (χ2n) is 5.25. The zero-order valence-corrected chi connectivity index (χ0v) is 13.0. The summed E-state index contributed by atoms with van der Waals surface area (Å²) in [6.45, 7) is 0. The van der Waals surface area contributed by atoms with E-state index in [2.05, 4.69) is 15.9 Å². The molecular weight excluding hydrogens is 328 g/mol. The number of amides is 1. The van der Waals surface area contributed by atoms with E-state index in [1.807, 2.05) is 0 Å². The lowest BCUT2D eigenvalue weighted by Gasteiger charge is -2.35. The first-order valence-electron chi connectivity index (χ1n) is 6.83. The van der Waals surface area contributed by atoms with Crippen molar-refractivity contribution in [2.75, 3.05) is 7.05 Å². The molecule has 2 nitrogen and oxygen atoms in total. The van der Waals surface area contributed by atoms with Gasteiger partial charge in [0.1, 0.15) is 11.6 Å². The van der Waals surface area contributed by atoms with Crippen LogP contribution in [0, 0.1) is 11.6 Å². The summed E-state index contributed by atoms with van der Waals surface area (Å²) in [6.07, 6.45) is 3.95. The first-order chi connectivity index (χ1) is 9.50. The maximum absolute atomic E-state index is 13.6. The molecule has 1 aliphatic carbocycles. The number of hydrogen-bond donors (Lipinski definition) is 0. The molecule has 0 heterocycles. The Labute approximate surface area is 126 Å². The van der Waals surface area contributed by atoms with Crippen LogP contribution in [0.25, 0.3) is 0 Å². The van der Waals surface area contributed by atoms with Crippen molar-refractivity contribution < 1.29 is 13.6 Å². The summed E-state index contributed by atoms with van der Waals surface area (Å²) < 4.78 is 27.1. The van der Waals surface area contributed by atoms with Gasteiger partial charge in [-0.1, -0.05) is 34.8 Å². The van der Waals surface area contributed by atoms with Crippen LogP contribution in [0.4, 0.5) is 8.78 Å². The third-order valence-corrected chi connectivity index (χ3v) is 5.00. The number of nitrogens with zero attached hydrogens (tertiary/aromatic N) is 1. The van der Waals surface area contributed by atoms with Gasteiger partial charge in [0.25, 0.3) is 0 Å². The van der Waals surface area contributed by atoms with Crippen molar-refractivity contribution in [2.24, 2.45) is 0 Å². The maximum atomic E-state index is 13.6. The van der Waals surface area contributed by atoms with Gasteiger partial charge in [0, 0.05) is 23.5 Å². The Kier molecular flexibility index (Phi) is 5.13. The number of carbonyl (C=O) groups is 1. The van der Waals surface area contributed by atoms with Crippen LogP contribution in [0.5, 0.6) is 0 Å². The maximum Gasteiger partial charge on any atom is 0.227 e. The summed E-state index contributed by atoms with van der Waals surface area (Å²) in [5.41, 5.74) is -0.147. The molecule has 1 aliphatic rings. The molecule has 1 aromatic rings. The van der Waals surface area contributed by atoms with Crippen LogP contribution in [0.1, 0.15) is 31.2 Å². The molecule has 0 bridgehead atoms. The molecule has 110 valence electrons. The average Bonchev–Trinajstić information content (AvgIpc) is 2.42. The second-order valence-corrected chi connectivity index (χ2v) is 6.43. The largest absolute Gasteiger partial charge is 0.341 e. The van der Waals surface area contributed by atoms with Gasteiger partial charge in [0.05, 0.1) is 6.42 Å². The van der Waals surface area contributed by atoms with Crippen LogP contribution in [0.3, 0.4) is 0 Å². The fourth-order valence-electron chi connectivity index (χ4n) is 2.66. The first kappa shape index (κ1) is 15.4. The normalized spacial score (nSPS) is 22.6. The van der Waals surface area contributed by atoms with Crippen molar-refractivity contribution in [3.05, 3.63) is 35.4 Å². The van der Waals surface area contributed by atoms with Gasteiger partial charge in [-0.25, -0.2) is 8.78 Å². The van der Waals surface area contributed by atoms with Crippen LogP contribution in [0.2, 0.25) is 0 Å². The van der Waals surface area contributed by atoms with E-state index < -0.39 is 11.6 Å². The highest BCUT2D eigenvalue weighted by molar-refractivity contribution is 9.09. The summed E-state index contributed by atoms with van der Waals surface area (Å²) in [5, 5.41) is 0. The third-order valence-electron chi connectivity index (χ3n) is 3.93.